The van der Waals surface area contributed by atoms with Crippen LogP contribution in [-0.4, -0.2) is 56.7 Å². The van der Waals surface area contributed by atoms with Gasteiger partial charge >= 0.3 is 0 Å². The number of ether oxygens (including phenoxy) is 1. The van der Waals surface area contributed by atoms with Crippen molar-refractivity contribution in [3.05, 3.63) is 24.2 Å². The largest absolute Gasteiger partial charge is 0.467 e. The monoisotopic (exact) mass is 348 g/mol. The zero-order valence-corrected chi connectivity index (χ0v) is 15.4. The van der Waals surface area contributed by atoms with Gasteiger partial charge in [-0.3, -0.25) is 9.89 Å². The maximum atomic E-state index is 5.58. The predicted octanol–water partition coefficient (Wildman–Crippen LogP) is 2.23. The summed E-state index contributed by atoms with van der Waals surface area (Å²) in [5, 5.41) is 6.78. The highest BCUT2D eigenvalue weighted by atomic mass is 16.5. The Kier molecular flexibility index (Phi) is 7.18. The second-order valence-electron chi connectivity index (χ2n) is 7.08. The Morgan fingerprint density at radius 1 is 1.28 bits per heavy atom. The Bertz CT molecular complexity index is 510. The summed E-state index contributed by atoms with van der Waals surface area (Å²) in [4.78, 5) is 6.96. The van der Waals surface area contributed by atoms with Gasteiger partial charge in [-0.25, -0.2) is 0 Å². The van der Waals surface area contributed by atoms with Crippen LogP contribution in [0.3, 0.4) is 0 Å². The molecule has 0 spiro atoms. The smallest absolute Gasteiger partial charge is 0.191 e. The maximum Gasteiger partial charge on any atom is 0.191 e. The van der Waals surface area contributed by atoms with Crippen LogP contribution in [-0.2, 0) is 11.3 Å². The lowest BCUT2D eigenvalue weighted by atomic mass is 10.3. The zero-order valence-electron chi connectivity index (χ0n) is 15.4. The van der Waals surface area contributed by atoms with E-state index in [-0.39, 0.29) is 0 Å². The average Bonchev–Trinajstić information content (AvgIpc) is 3.55. The van der Waals surface area contributed by atoms with Gasteiger partial charge in [-0.2, -0.15) is 0 Å². The molecule has 6 nitrogen and oxygen atoms in total. The number of aliphatic imine (C=N–C) groups is 1. The van der Waals surface area contributed by atoms with E-state index < -0.39 is 0 Å². The number of hydrogen-bond acceptors (Lipinski definition) is 4. The first-order valence-electron chi connectivity index (χ1n) is 9.64. The molecule has 0 saturated heterocycles. The summed E-state index contributed by atoms with van der Waals surface area (Å²) in [5.41, 5.74) is 0. The van der Waals surface area contributed by atoms with Gasteiger partial charge < -0.3 is 19.8 Å². The van der Waals surface area contributed by atoms with E-state index in [1.54, 1.807) is 6.26 Å². The first-order valence-corrected chi connectivity index (χ1v) is 9.64. The summed E-state index contributed by atoms with van der Waals surface area (Å²) >= 11 is 0. The maximum absolute atomic E-state index is 5.58. The Balaban J connectivity index is 1.21. The Morgan fingerprint density at radius 3 is 2.80 bits per heavy atom. The fraction of sp³-hybridized carbons (Fsp3) is 0.737. The average molecular weight is 348 g/mol. The van der Waals surface area contributed by atoms with Crippen molar-refractivity contribution in [1.29, 1.82) is 0 Å². The topological polar surface area (TPSA) is 62.0 Å². The molecule has 2 N–H and O–H groups in total. The van der Waals surface area contributed by atoms with Crippen LogP contribution in [0.15, 0.2) is 27.8 Å². The number of furan rings is 1. The van der Waals surface area contributed by atoms with Gasteiger partial charge in [0, 0.05) is 45.9 Å². The molecule has 2 aliphatic carbocycles. The molecule has 2 fully saturated rings. The minimum atomic E-state index is 0.540. The molecule has 140 valence electrons. The number of nitrogens with one attached hydrogen (secondary N) is 2. The highest BCUT2D eigenvalue weighted by Gasteiger charge is 2.33. The highest BCUT2D eigenvalue weighted by Crippen LogP contribution is 2.34. The zero-order chi connectivity index (χ0) is 17.3. The van der Waals surface area contributed by atoms with Crippen LogP contribution in [0.25, 0.3) is 0 Å². The summed E-state index contributed by atoms with van der Waals surface area (Å²) in [6.45, 7) is 5.48. The molecule has 0 radical (unpaired) electrons. The van der Waals surface area contributed by atoms with Gasteiger partial charge in [-0.15, -0.1) is 0 Å². The third kappa shape index (κ3) is 7.08. The molecule has 0 aliphatic heterocycles. The van der Waals surface area contributed by atoms with E-state index in [1.807, 2.05) is 19.2 Å². The number of nitrogens with zero attached hydrogens (tertiary/aromatic N) is 2. The molecular formula is C19H32N4O2. The Labute approximate surface area is 151 Å². The van der Waals surface area contributed by atoms with Gasteiger partial charge in [-0.05, 0) is 50.2 Å². The van der Waals surface area contributed by atoms with Crippen molar-refractivity contribution < 1.29 is 9.15 Å². The number of guanidine groups is 1. The molecule has 1 aromatic heterocycles. The van der Waals surface area contributed by atoms with Gasteiger partial charge in [0.2, 0.25) is 0 Å². The van der Waals surface area contributed by atoms with E-state index in [4.69, 9.17) is 9.15 Å². The number of hydrogen-bond donors (Lipinski definition) is 2. The van der Waals surface area contributed by atoms with E-state index in [0.717, 1.165) is 49.7 Å². The summed E-state index contributed by atoms with van der Waals surface area (Å²) < 4.78 is 10.8. The molecule has 6 heteroatoms. The van der Waals surface area contributed by atoms with Crippen molar-refractivity contribution >= 4 is 5.96 Å². The van der Waals surface area contributed by atoms with Crippen LogP contribution in [0, 0.1) is 5.92 Å². The molecule has 2 aliphatic rings. The van der Waals surface area contributed by atoms with E-state index in [2.05, 4.69) is 20.5 Å². The summed E-state index contributed by atoms with van der Waals surface area (Å²) in [7, 11) is 1.82. The molecule has 1 heterocycles. The highest BCUT2D eigenvalue weighted by molar-refractivity contribution is 5.79. The van der Waals surface area contributed by atoms with Crippen molar-refractivity contribution in [2.45, 2.75) is 44.8 Å². The third-order valence-corrected chi connectivity index (χ3v) is 4.75. The molecule has 0 unspecified atom stereocenters. The summed E-state index contributed by atoms with van der Waals surface area (Å²) in [6, 6.07) is 4.66. The van der Waals surface area contributed by atoms with E-state index in [1.165, 1.54) is 32.2 Å². The van der Waals surface area contributed by atoms with Gasteiger partial charge in [0.05, 0.1) is 6.26 Å². The Morgan fingerprint density at radius 2 is 2.12 bits per heavy atom. The SMILES string of the molecule is CN=C(NCCCOCc1ccco1)NCCN(CC1CC1)C1CC1. The lowest BCUT2D eigenvalue weighted by molar-refractivity contribution is 0.105. The van der Waals surface area contributed by atoms with Crippen LogP contribution in [0.4, 0.5) is 0 Å². The molecular weight excluding hydrogens is 316 g/mol. The molecule has 2 saturated carbocycles. The van der Waals surface area contributed by atoms with Gasteiger partial charge in [0.15, 0.2) is 5.96 Å². The van der Waals surface area contributed by atoms with Crippen molar-refractivity contribution in [1.82, 2.24) is 15.5 Å². The van der Waals surface area contributed by atoms with Crippen LogP contribution in [0.5, 0.6) is 0 Å². The third-order valence-electron chi connectivity index (χ3n) is 4.75. The second kappa shape index (κ2) is 9.82. The minimum absolute atomic E-state index is 0.540. The van der Waals surface area contributed by atoms with E-state index in [0.29, 0.717) is 13.2 Å². The van der Waals surface area contributed by atoms with Gasteiger partial charge in [0.1, 0.15) is 12.4 Å². The van der Waals surface area contributed by atoms with Crippen LogP contribution in [0.2, 0.25) is 0 Å². The summed E-state index contributed by atoms with van der Waals surface area (Å²) in [5.74, 6) is 2.73. The van der Waals surface area contributed by atoms with E-state index in [9.17, 15) is 0 Å². The van der Waals surface area contributed by atoms with Crippen molar-refractivity contribution in [3.63, 3.8) is 0 Å². The Hall–Kier alpha value is -1.53. The molecule has 0 amide bonds. The van der Waals surface area contributed by atoms with Crippen molar-refractivity contribution in [2.24, 2.45) is 10.9 Å². The lowest BCUT2D eigenvalue weighted by Crippen LogP contribution is -2.42. The molecule has 25 heavy (non-hydrogen) atoms. The molecule has 0 atom stereocenters. The fourth-order valence-corrected chi connectivity index (χ4v) is 2.98. The normalized spacial score (nSPS) is 17.9. The predicted molar refractivity (Wildman–Crippen MR) is 99.7 cm³/mol. The first kappa shape index (κ1) is 18.3. The van der Waals surface area contributed by atoms with Crippen LogP contribution < -0.4 is 10.6 Å². The first-order chi connectivity index (χ1) is 12.3. The fourth-order valence-electron chi connectivity index (χ4n) is 2.98. The standard InChI is InChI=1S/C19H32N4O2/c1-20-19(21-9-3-12-24-15-18-4-2-13-25-18)22-10-11-23(17-7-8-17)14-16-5-6-16/h2,4,13,16-17H,3,5-12,14-15H2,1H3,(H2,20,21,22). The van der Waals surface area contributed by atoms with Crippen LogP contribution in [0.1, 0.15) is 37.9 Å². The van der Waals surface area contributed by atoms with E-state index >= 15 is 0 Å². The molecule has 1 aromatic rings. The molecule has 3 rings (SSSR count). The van der Waals surface area contributed by atoms with Crippen molar-refractivity contribution in [2.75, 3.05) is 39.8 Å². The molecule has 0 bridgehead atoms. The quantitative estimate of drug-likeness (QED) is 0.345. The van der Waals surface area contributed by atoms with Crippen LogP contribution >= 0.6 is 0 Å². The summed E-state index contributed by atoms with van der Waals surface area (Å²) in [6.07, 6.45) is 8.25. The number of rotatable bonds is 12. The lowest BCUT2D eigenvalue weighted by Gasteiger charge is -2.22. The second-order valence-corrected chi connectivity index (χ2v) is 7.08. The minimum Gasteiger partial charge on any atom is -0.467 e. The van der Waals surface area contributed by atoms with Gasteiger partial charge in [0.25, 0.3) is 0 Å². The molecule has 0 aromatic carbocycles. The van der Waals surface area contributed by atoms with Gasteiger partial charge in [-0.1, -0.05) is 0 Å². The van der Waals surface area contributed by atoms with Crippen molar-refractivity contribution in [3.8, 4) is 0 Å².